The second kappa shape index (κ2) is 9.09. The second-order valence-corrected chi connectivity index (χ2v) is 8.67. The van der Waals surface area contributed by atoms with Crippen molar-refractivity contribution in [1.82, 2.24) is 4.90 Å². The molecule has 0 saturated carbocycles. The molecule has 1 heterocycles. The van der Waals surface area contributed by atoms with Gasteiger partial charge in [0.1, 0.15) is 12.6 Å². The molecule has 1 saturated heterocycles. The summed E-state index contributed by atoms with van der Waals surface area (Å²) in [5.41, 5.74) is 0.232. The zero-order valence-electron chi connectivity index (χ0n) is 16.7. The summed E-state index contributed by atoms with van der Waals surface area (Å²) >= 11 is 3.50. The first-order valence-corrected chi connectivity index (χ1v) is 10.1. The van der Waals surface area contributed by atoms with Crippen LogP contribution in [0.25, 0.3) is 0 Å². The number of likely N-dealkylation sites (tertiary alicyclic amines) is 1. The van der Waals surface area contributed by atoms with Gasteiger partial charge in [0.25, 0.3) is 0 Å². The van der Waals surface area contributed by atoms with Gasteiger partial charge in [-0.3, -0.25) is 4.90 Å². The van der Waals surface area contributed by atoms with Crippen LogP contribution in [0.2, 0.25) is 0 Å². The van der Waals surface area contributed by atoms with E-state index in [1.807, 2.05) is 45.0 Å². The number of rotatable bonds is 5. The first kappa shape index (κ1) is 22.4. The highest BCUT2D eigenvalue weighted by atomic mass is 79.9. The predicted octanol–water partition coefficient (Wildman–Crippen LogP) is 4.08. The summed E-state index contributed by atoms with van der Waals surface area (Å²) in [6, 6.07) is 5.59. The highest BCUT2D eigenvalue weighted by Gasteiger charge is 2.59. The molecule has 1 aliphatic heterocycles. The molecule has 0 bridgehead atoms. The molecular formula is C21H28BrNO5. The highest BCUT2D eigenvalue weighted by Crippen LogP contribution is 2.49. The number of halogens is 1. The summed E-state index contributed by atoms with van der Waals surface area (Å²) in [5.74, 6) is -1.09. The first-order chi connectivity index (χ1) is 13.1. The maximum atomic E-state index is 13.0. The maximum Gasteiger partial charge on any atom is 0.411 e. The summed E-state index contributed by atoms with van der Waals surface area (Å²) in [5, 5.41) is 11.3. The van der Waals surface area contributed by atoms with Gasteiger partial charge in [-0.25, -0.2) is 9.59 Å². The summed E-state index contributed by atoms with van der Waals surface area (Å²) in [4.78, 5) is 27.2. The summed E-state index contributed by atoms with van der Waals surface area (Å²) in [6.07, 6.45) is -0.216. The van der Waals surface area contributed by atoms with Gasteiger partial charge < -0.3 is 14.6 Å². The molecule has 0 radical (unpaired) electrons. The Morgan fingerprint density at radius 2 is 1.93 bits per heavy atom. The maximum absolute atomic E-state index is 13.0. The van der Waals surface area contributed by atoms with Crippen molar-refractivity contribution < 1.29 is 24.2 Å². The Labute approximate surface area is 174 Å². The normalized spacial score (nSPS) is 24.7. The average molecular weight is 454 g/mol. The van der Waals surface area contributed by atoms with Crippen molar-refractivity contribution in [2.45, 2.75) is 45.9 Å². The smallest absolute Gasteiger partial charge is 0.411 e. The number of esters is 1. The zero-order valence-corrected chi connectivity index (χ0v) is 18.3. The molecule has 1 amide bonds. The number of hydrogen-bond donors (Lipinski definition) is 1. The van der Waals surface area contributed by atoms with Crippen molar-refractivity contribution in [3.05, 3.63) is 47.0 Å². The number of benzene rings is 1. The zero-order chi connectivity index (χ0) is 21.1. The van der Waals surface area contributed by atoms with Gasteiger partial charge >= 0.3 is 12.1 Å². The number of aliphatic hydroxyl groups is 1. The molecule has 7 heteroatoms. The first-order valence-electron chi connectivity index (χ1n) is 9.30. The Balaban J connectivity index is 2.63. The van der Waals surface area contributed by atoms with E-state index >= 15 is 0 Å². The summed E-state index contributed by atoms with van der Waals surface area (Å²) < 4.78 is 11.3. The molecule has 154 valence electrons. The van der Waals surface area contributed by atoms with Gasteiger partial charge in [0.15, 0.2) is 0 Å². The lowest BCUT2D eigenvalue weighted by Crippen LogP contribution is -2.48. The van der Waals surface area contributed by atoms with Crippen LogP contribution in [0.3, 0.4) is 0 Å². The van der Waals surface area contributed by atoms with E-state index in [1.54, 1.807) is 6.92 Å². The van der Waals surface area contributed by atoms with E-state index in [9.17, 15) is 14.7 Å². The van der Waals surface area contributed by atoms with Crippen LogP contribution >= 0.6 is 15.9 Å². The molecule has 0 aliphatic carbocycles. The molecule has 4 atom stereocenters. The van der Waals surface area contributed by atoms with Gasteiger partial charge in [0, 0.05) is 10.4 Å². The predicted molar refractivity (Wildman–Crippen MR) is 110 cm³/mol. The Bertz CT molecular complexity index is 730. The molecule has 6 nitrogen and oxygen atoms in total. The van der Waals surface area contributed by atoms with Crippen molar-refractivity contribution in [1.29, 1.82) is 0 Å². The van der Waals surface area contributed by atoms with Gasteiger partial charge in [-0.1, -0.05) is 67.6 Å². The number of hydrogen-bond acceptors (Lipinski definition) is 5. The van der Waals surface area contributed by atoms with Crippen molar-refractivity contribution >= 4 is 28.0 Å². The number of carbonyl (C=O) groups is 2. The van der Waals surface area contributed by atoms with E-state index in [2.05, 4.69) is 22.5 Å². The van der Waals surface area contributed by atoms with E-state index < -0.39 is 41.6 Å². The Morgan fingerprint density at radius 1 is 1.29 bits per heavy atom. The van der Waals surface area contributed by atoms with Crippen LogP contribution in [0.15, 0.2) is 41.4 Å². The largest absolute Gasteiger partial charge is 0.464 e. The van der Waals surface area contributed by atoms with Crippen molar-refractivity contribution in [2.75, 3.05) is 13.2 Å². The third-order valence-electron chi connectivity index (χ3n) is 4.92. The van der Waals surface area contributed by atoms with Crippen LogP contribution in [-0.2, 0) is 14.3 Å². The summed E-state index contributed by atoms with van der Waals surface area (Å²) in [6.45, 7) is 11.3. The quantitative estimate of drug-likeness (QED) is 0.536. The number of ether oxygens (including phenoxy) is 2. The van der Waals surface area contributed by atoms with Crippen LogP contribution in [0.5, 0.6) is 0 Å². The number of amides is 1. The summed E-state index contributed by atoms with van der Waals surface area (Å²) in [7, 11) is 0. The molecule has 1 aliphatic rings. The number of aliphatic hydroxyl groups excluding tert-OH is 1. The molecule has 1 aromatic rings. The van der Waals surface area contributed by atoms with E-state index in [1.165, 1.54) is 11.0 Å². The Kier molecular flexibility index (Phi) is 7.28. The van der Waals surface area contributed by atoms with E-state index in [0.717, 1.165) is 4.47 Å². The Hall–Kier alpha value is -1.86. The molecule has 28 heavy (non-hydrogen) atoms. The third-order valence-corrected chi connectivity index (χ3v) is 5.64. The van der Waals surface area contributed by atoms with Crippen molar-refractivity contribution in [3.63, 3.8) is 0 Å². The van der Waals surface area contributed by atoms with Crippen LogP contribution in [0, 0.1) is 11.3 Å². The average Bonchev–Trinajstić information content (AvgIpc) is 2.93. The molecule has 1 N–H and O–H groups in total. The molecule has 1 fully saturated rings. The molecule has 2 rings (SSSR count). The standard InChI is InChI=1S/C21H28BrNO5/c1-6-12-28-20(26)23-16(13-10-8-9-11-14(13)22)18(24)15(21(3,4)5)17(23)19(25)27-7-2/h6,8-11,15-18,24H,1,7,12H2,2-5H3/t15-,16+,17+,18+/m1/s1. The lowest BCUT2D eigenvalue weighted by atomic mass is 9.74. The molecular weight excluding hydrogens is 426 g/mol. The fraction of sp³-hybridized carbons (Fsp3) is 0.524. The van der Waals surface area contributed by atoms with Gasteiger partial charge in [-0.2, -0.15) is 0 Å². The van der Waals surface area contributed by atoms with Gasteiger partial charge in [-0.05, 0) is 24.0 Å². The number of carbonyl (C=O) groups excluding carboxylic acids is 2. The number of nitrogens with zero attached hydrogens (tertiary/aromatic N) is 1. The highest BCUT2D eigenvalue weighted by molar-refractivity contribution is 9.10. The van der Waals surface area contributed by atoms with Crippen LogP contribution < -0.4 is 0 Å². The topological polar surface area (TPSA) is 76.1 Å². The van der Waals surface area contributed by atoms with Gasteiger partial charge in [-0.15, -0.1) is 0 Å². The lowest BCUT2D eigenvalue weighted by molar-refractivity contribution is -0.151. The Morgan fingerprint density at radius 3 is 2.46 bits per heavy atom. The monoisotopic (exact) mass is 453 g/mol. The van der Waals surface area contributed by atoms with Crippen molar-refractivity contribution in [3.8, 4) is 0 Å². The van der Waals surface area contributed by atoms with Gasteiger partial charge in [0.2, 0.25) is 0 Å². The van der Waals surface area contributed by atoms with E-state index in [-0.39, 0.29) is 13.2 Å². The minimum atomic E-state index is -0.982. The minimum Gasteiger partial charge on any atom is -0.464 e. The molecule has 0 unspecified atom stereocenters. The minimum absolute atomic E-state index is 0.00381. The van der Waals surface area contributed by atoms with Gasteiger partial charge in [0.05, 0.1) is 18.8 Å². The molecule has 0 spiro atoms. The SMILES string of the molecule is C=CCOC(=O)N1[C@H](C(=O)OCC)[C@@H](C(C)(C)C)[C@H](O)[C@@H]1c1ccccc1Br. The second-order valence-electron chi connectivity index (χ2n) is 7.82. The molecule has 1 aromatic carbocycles. The van der Waals surface area contributed by atoms with E-state index in [4.69, 9.17) is 9.47 Å². The van der Waals surface area contributed by atoms with E-state index in [0.29, 0.717) is 5.56 Å². The van der Waals surface area contributed by atoms with Crippen LogP contribution in [0.4, 0.5) is 4.79 Å². The van der Waals surface area contributed by atoms with Crippen LogP contribution in [0.1, 0.15) is 39.3 Å². The van der Waals surface area contributed by atoms with Crippen molar-refractivity contribution in [2.24, 2.45) is 11.3 Å². The fourth-order valence-corrected chi connectivity index (χ4v) is 4.37. The molecule has 0 aromatic heterocycles. The fourth-order valence-electron chi connectivity index (χ4n) is 3.85. The van der Waals surface area contributed by atoms with Crippen LogP contribution in [-0.4, -0.2) is 47.4 Å². The lowest BCUT2D eigenvalue weighted by Gasteiger charge is -2.34. The third kappa shape index (κ3) is 4.41.